The normalized spacial score (nSPS) is 10.7. The molecule has 1 heterocycles. The minimum absolute atomic E-state index is 0.0802. The van der Waals surface area contributed by atoms with Gasteiger partial charge in [0.25, 0.3) is 5.69 Å². The minimum atomic E-state index is -0.550. The number of hydrazone groups is 1. The maximum absolute atomic E-state index is 11.6. The van der Waals surface area contributed by atoms with Crippen molar-refractivity contribution in [2.45, 2.75) is 0 Å². The molecule has 0 spiro atoms. The molecule has 20 heavy (non-hydrogen) atoms. The highest BCUT2D eigenvalue weighted by atomic mass is 79.9. The van der Waals surface area contributed by atoms with Crippen molar-refractivity contribution in [3.05, 3.63) is 62.5 Å². The second kappa shape index (κ2) is 6.11. The highest BCUT2D eigenvalue weighted by molar-refractivity contribution is 9.10. The fourth-order valence-electron chi connectivity index (χ4n) is 1.41. The van der Waals surface area contributed by atoms with E-state index in [0.717, 1.165) is 0 Å². The lowest BCUT2D eigenvalue weighted by Crippen LogP contribution is -2.16. The van der Waals surface area contributed by atoms with E-state index in [1.54, 1.807) is 18.2 Å². The van der Waals surface area contributed by atoms with Crippen LogP contribution in [0.5, 0.6) is 0 Å². The Balaban J connectivity index is 2.07. The van der Waals surface area contributed by atoms with Crippen molar-refractivity contribution in [1.29, 1.82) is 0 Å². The number of hydrogen-bond donors (Lipinski definition) is 1. The summed E-state index contributed by atoms with van der Waals surface area (Å²) >= 11 is 3.07. The van der Waals surface area contributed by atoms with E-state index in [0.29, 0.717) is 10.2 Å². The van der Waals surface area contributed by atoms with Gasteiger partial charge in [-0.2, -0.15) is 5.10 Å². The largest absolute Gasteiger partial charge is 0.444 e. The standard InChI is InChI=1S/C12H8BrN3O4/c13-11-6-5-10(20-11)12(17)15-14-7-8-3-1-2-4-9(8)16(18)19/h1-7H,(H,15,17). The third-order valence-electron chi connectivity index (χ3n) is 2.30. The number of rotatable bonds is 4. The number of nitro benzene ring substituents is 1. The van der Waals surface area contributed by atoms with Gasteiger partial charge in [-0.05, 0) is 34.1 Å². The van der Waals surface area contributed by atoms with E-state index in [-0.39, 0.29) is 11.4 Å². The fourth-order valence-corrected chi connectivity index (χ4v) is 1.72. The van der Waals surface area contributed by atoms with Gasteiger partial charge in [-0.25, -0.2) is 5.43 Å². The first-order valence-electron chi connectivity index (χ1n) is 5.40. The number of halogens is 1. The van der Waals surface area contributed by atoms with Crippen LogP contribution in [-0.4, -0.2) is 17.0 Å². The Bertz CT molecular complexity index is 681. The van der Waals surface area contributed by atoms with Crippen molar-refractivity contribution >= 4 is 33.7 Å². The summed E-state index contributed by atoms with van der Waals surface area (Å²) < 4.78 is 5.45. The maximum Gasteiger partial charge on any atom is 0.307 e. The van der Waals surface area contributed by atoms with Crippen LogP contribution in [0.2, 0.25) is 0 Å². The number of nitro groups is 1. The highest BCUT2D eigenvalue weighted by Gasteiger charge is 2.11. The lowest BCUT2D eigenvalue weighted by Gasteiger charge is -1.97. The number of para-hydroxylation sites is 1. The molecule has 0 aliphatic rings. The van der Waals surface area contributed by atoms with Crippen LogP contribution in [0.1, 0.15) is 16.1 Å². The van der Waals surface area contributed by atoms with Gasteiger partial charge in [0.15, 0.2) is 10.4 Å². The van der Waals surface area contributed by atoms with E-state index >= 15 is 0 Å². The summed E-state index contributed by atoms with van der Waals surface area (Å²) in [7, 11) is 0. The molecule has 0 aliphatic heterocycles. The molecule has 0 fully saturated rings. The van der Waals surface area contributed by atoms with E-state index in [4.69, 9.17) is 4.42 Å². The predicted octanol–water partition coefficient (Wildman–Crippen LogP) is 2.71. The van der Waals surface area contributed by atoms with E-state index < -0.39 is 10.8 Å². The Morgan fingerprint density at radius 1 is 1.35 bits per heavy atom. The lowest BCUT2D eigenvalue weighted by atomic mass is 10.2. The number of hydrogen-bond acceptors (Lipinski definition) is 5. The van der Waals surface area contributed by atoms with E-state index in [9.17, 15) is 14.9 Å². The summed E-state index contributed by atoms with van der Waals surface area (Å²) in [4.78, 5) is 21.9. The number of nitrogens with one attached hydrogen (secondary N) is 1. The van der Waals surface area contributed by atoms with Gasteiger partial charge in [-0.1, -0.05) is 12.1 Å². The molecule has 7 nitrogen and oxygen atoms in total. The van der Waals surface area contributed by atoms with Crippen LogP contribution < -0.4 is 5.43 Å². The van der Waals surface area contributed by atoms with Gasteiger partial charge in [0.1, 0.15) is 0 Å². The quantitative estimate of drug-likeness (QED) is 0.526. The molecule has 1 amide bonds. The van der Waals surface area contributed by atoms with Gasteiger partial charge in [-0.15, -0.1) is 0 Å². The molecule has 0 saturated carbocycles. The van der Waals surface area contributed by atoms with Crippen LogP contribution in [-0.2, 0) is 0 Å². The number of carbonyl (C=O) groups is 1. The molecule has 0 saturated heterocycles. The second-order valence-corrected chi connectivity index (χ2v) is 4.40. The predicted molar refractivity (Wildman–Crippen MR) is 74.6 cm³/mol. The van der Waals surface area contributed by atoms with Gasteiger partial charge >= 0.3 is 5.91 Å². The number of benzene rings is 1. The highest BCUT2D eigenvalue weighted by Crippen LogP contribution is 2.15. The number of furan rings is 1. The topological polar surface area (TPSA) is 97.7 Å². The number of amides is 1. The smallest absolute Gasteiger partial charge is 0.307 e. The van der Waals surface area contributed by atoms with Crippen LogP contribution in [0.4, 0.5) is 5.69 Å². The summed E-state index contributed by atoms with van der Waals surface area (Å²) in [6, 6.07) is 9.11. The van der Waals surface area contributed by atoms with Crippen LogP contribution in [0.3, 0.4) is 0 Å². The van der Waals surface area contributed by atoms with Crippen molar-refractivity contribution in [3.63, 3.8) is 0 Å². The molecule has 0 aliphatic carbocycles. The van der Waals surface area contributed by atoms with Crippen LogP contribution in [0.25, 0.3) is 0 Å². The Labute approximate surface area is 121 Å². The number of nitrogens with zero attached hydrogens (tertiary/aromatic N) is 2. The lowest BCUT2D eigenvalue weighted by molar-refractivity contribution is -0.385. The zero-order valence-corrected chi connectivity index (χ0v) is 11.5. The van der Waals surface area contributed by atoms with Gasteiger partial charge in [0.2, 0.25) is 0 Å². The minimum Gasteiger partial charge on any atom is -0.444 e. The van der Waals surface area contributed by atoms with Crippen molar-refractivity contribution < 1.29 is 14.1 Å². The fraction of sp³-hybridized carbons (Fsp3) is 0. The first-order valence-corrected chi connectivity index (χ1v) is 6.19. The van der Waals surface area contributed by atoms with Crippen molar-refractivity contribution in [2.75, 3.05) is 0 Å². The molecule has 2 aromatic rings. The van der Waals surface area contributed by atoms with Crippen molar-refractivity contribution in [3.8, 4) is 0 Å². The first kappa shape index (κ1) is 13.9. The average molecular weight is 338 g/mol. The second-order valence-electron chi connectivity index (χ2n) is 3.62. The summed E-state index contributed by atoms with van der Waals surface area (Å²) in [5, 5.41) is 14.4. The Morgan fingerprint density at radius 2 is 2.10 bits per heavy atom. The van der Waals surface area contributed by atoms with E-state index in [1.165, 1.54) is 24.4 Å². The molecule has 1 aromatic carbocycles. The zero-order valence-electron chi connectivity index (χ0n) is 9.95. The Morgan fingerprint density at radius 3 is 2.75 bits per heavy atom. The van der Waals surface area contributed by atoms with Crippen molar-refractivity contribution in [2.24, 2.45) is 5.10 Å². The molecule has 0 radical (unpaired) electrons. The summed E-state index contributed by atoms with van der Waals surface area (Å²) in [5.74, 6) is -0.470. The molecular weight excluding hydrogens is 330 g/mol. The monoisotopic (exact) mass is 337 g/mol. The molecule has 8 heteroatoms. The van der Waals surface area contributed by atoms with Gasteiger partial charge < -0.3 is 4.42 Å². The van der Waals surface area contributed by atoms with Gasteiger partial charge in [0, 0.05) is 6.07 Å². The molecule has 0 unspecified atom stereocenters. The van der Waals surface area contributed by atoms with Crippen LogP contribution in [0.15, 0.2) is 50.6 Å². The SMILES string of the molecule is O=C(NN=Cc1ccccc1[N+](=O)[O-])c1ccc(Br)o1. The number of carbonyl (C=O) groups excluding carboxylic acids is 1. The molecule has 1 aromatic heterocycles. The van der Waals surface area contributed by atoms with Crippen LogP contribution >= 0.6 is 15.9 Å². The zero-order chi connectivity index (χ0) is 14.5. The first-order chi connectivity index (χ1) is 9.58. The molecule has 1 N–H and O–H groups in total. The Hall–Kier alpha value is -2.48. The van der Waals surface area contributed by atoms with Crippen LogP contribution in [0, 0.1) is 10.1 Å². The molecule has 102 valence electrons. The molecule has 2 rings (SSSR count). The molecule has 0 atom stereocenters. The maximum atomic E-state index is 11.6. The summed E-state index contributed by atoms with van der Waals surface area (Å²) in [5.41, 5.74) is 2.42. The molecule has 0 bridgehead atoms. The Kier molecular flexibility index (Phi) is 4.26. The van der Waals surface area contributed by atoms with Gasteiger partial charge in [-0.3, -0.25) is 14.9 Å². The summed E-state index contributed by atoms with van der Waals surface area (Å²) in [6.07, 6.45) is 1.20. The third-order valence-corrected chi connectivity index (χ3v) is 2.73. The van der Waals surface area contributed by atoms with E-state index in [1.807, 2.05) is 0 Å². The van der Waals surface area contributed by atoms with Crippen molar-refractivity contribution in [1.82, 2.24) is 5.43 Å². The third kappa shape index (κ3) is 3.29. The molecular formula is C12H8BrN3O4. The van der Waals surface area contributed by atoms with Gasteiger partial charge in [0.05, 0.1) is 16.7 Å². The van der Waals surface area contributed by atoms with E-state index in [2.05, 4.69) is 26.5 Å². The summed E-state index contributed by atoms with van der Waals surface area (Å²) in [6.45, 7) is 0. The average Bonchev–Trinajstić information content (AvgIpc) is 2.86.